The number of para-hydroxylation sites is 1. The van der Waals surface area contributed by atoms with Gasteiger partial charge in [0.25, 0.3) is 10.0 Å². The van der Waals surface area contributed by atoms with E-state index in [0.717, 1.165) is 22.4 Å². The number of rotatable bonds is 11. The van der Waals surface area contributed by atoms with Crippen molar-refractivity contribution in [3.05, 3.63) is 114 Å². The number of carbonyl (C=O) groups excluding carboxylic acids is 1. The van der Waals surface area contributed by atoms with Crippen LogP contribution in [0.4, 0.5) is 11.4 Å². The number of amides is 1. The number of aryl methyl sites for hydroxylation is 2. The van der Waals surface area contributed by atoms with Crippen LogP contribution in [0, 0.1) is 13.8 Å². The van der Waals surface area contributed by atoms with E-state index in [2.05, 4.69) is 20.2 Å². The SMILES string of the molecule is COc1ccc(NS(=O)(=O)c2cccc(-c3nnc(SCC(=O)Nc4c(C)cccc4C)n3Cc3ccccc3)c2)cc1. The standard InChI is InChI=1S/C32H31N5O4S2/c1-22-9-7-10-23(2)30(22)33-29(38)21-42-32-35-34-31(37(32)20-24-11-5-4-6-12-24)25-13-8-14-28(19-25)43(39,40)36-26-15-17-27(41-3)18-16-26/h4-19,36H,20-21H2,1-3H3,(H,33,38). The highest BCUT2D eigenvalue weighted by atomic mass is 32.2. The number of anilines is 2. The van der Waals surface area contributed by atoms with Crippen molar-refractivity contribution < 1.29 is 17.9 Å². The van der Waals surface area contributed by atoms with E-state index in [9.17, 15) is 13.2 Å². The van der Waals surface area contributed by atoms with E-state index < -0.39 is 10.0 Å². The van der Waals surface area contributed by atoms with Gasteiger partial charge in [-0.2, -0.15) is 0 Å². The molecule has 0 fully saturated rings. The number of ether oxygens (including phenoxy) is 1. The summed E-state index contributed by atoms with van der Waals surface area (Å²) < 4.78 is 36.2. The third-order valence-corrected chi connectivity index (χ3v) is 9.07. The van der Waals surface area contributed by atoms with E-state index in [1.54, 1.807) is 49.6 Å². The summed E-state index contributed by atoms with van der Waals surface area (Å²) in [5, 5.41) is 12.4. The first-order chi connectivity index (χ1) is 20.7. The number of nitrogens with zero attached hydrogens (tertiary/aromatic N) is 3. The van der Waals surface area contributed by atoms with Crippen molar-refractivity contribution in [2.24, 2.45) is 0 Å². The zero-order valence-corrected chi connectivity index (χ0v) is 25.6. The summed E-state index contributed by atoms with van der Waals surface area (Å²) in [6, 6.07) is 28.9. The fourth-order valence-electron chi connectivity index (χ4n) is 4.51. The zero-order valence-electron chi connectivity index (χ0n) is 23.9. The molecule has 9 nitrogen and oxygen atoms in total. The molecule has 1 amide bonds. The quantitative estimate of drug-likeness (QED) is 0.172. The molecule has 0 radical (unpaired) electrons. The average Bonchev–Trinajstić information content (AvgIpc) is 3.41. The Hall–Kier alpha value is -4.61. The van der Waals surface area contributed by atoms with Crippen LogP contribution in [0.1, 0.15) is 16.7 Å². The van der Waals surface area contributed by atoms with Crippen molar-refractivity contribution in [1.29, 1.82) is 0 Å². The lowest BCUT2D eigenvalue weighted by atomic mass is 10.1. The largest absolute Gasteiger partial charge is 0.497 e. The van der Waals surface area contributed by atoms with Crippen LogP contribution < -0.4 is 14.8 Å². The molecule has 220 valence electrons. The van der Waals surface area contributed by atoms with Gasteiger partial charge in [0, 0.05) is 16.9 Å². The molecule has 5 rings (SSSR count). The molecule has 2 N–H and O–H groups in total. The van der Waals surface area contributed by atoms with Crippen LogP contribution in [0.15, 0.2) is 107 Å². The fourth-order valence-corrected chi connectivity index (χ4v) is 6.35. The van der Waals surface area contributed by atoms with Gasteiger partial charge in [0.05, 0.1) is 24.3 Å². The number of thioether (sulfide) groups is 1. The van der Waals surface area contributed by atoms with Crippen molar-refractivity contribution in [3.8, 4) is 17.1 Å². The van der Waals surface area contributed by atoms with Gasteiger partial charge in [-0.05, 0) is 66.9 Å². The molecule has 5 aromatic rings. The Morgan fingerprint density at radius 3 is 2.28 bits per heavy atom. The first-order valence-corrected chi connectivity index (χ1v) is 15.9. The zero-order chi connectivity index (χ0) is 30.4. The van der Waals surface area contributed by atoms with E-state index in [4.69, 9.17) is 4.74 Å². The molecule has 1 aromatic heterocycles. The van der Waals surface area contributed by atoms with Gasteiger partial charge in [0.1, 0.15) is 5.75 Å². The van der Waals surface area contributed by atoms with Crippen molar-refractivity contribution in [1.82, 2.24) is 14.8 Å². The molecule has 43 heavy (non-hydrogen) atoms. The van der Waals surface area contributed by atoms with E-state index in [0.29, 0.717) is 34.5 Å². The van der Waals surface area contributed by atoms with Gasteiger partial charge in [-0.15, -0.1) is 10.2 Å². The topological polar surface area (TPSA) is 115 Å². The molecule has 4 aromatic carbocycles. The third kappa shape index (κ3) is 7.25. The first-order valence-electron chi connectivity index (χ1n) is 13.5. The number of hydrogen-bond donors (Lipinski definition) is 2. The lowest BCUT2D eigenvalue weighted by Crippen LogP contribution is -2.16. The summed E-state index contributed by atoms with van der Waals surface area (Å²) in [6.07, 6.45) is 0. The Morgan fingerprint density at radius 2 is 1.58 bits per heavy atom. The van der Waals surface area contributed by atoms with Gasteiger partial charge in [0.15, 0.2) is 11.0 Å². The Morgan fingerprint density at radius 1 is 0.884 bits per heavy atom. The second kappa shape index (κ2) is 13.1. The molecule has 1 heterocycles. The molecule has 0 aliphatic heterocycles. The Balaban J connectivity index is 1.41. The minimum Gasteiger partial charge on any atom is -0.497 e. The predicted molar refractivity (Wildman–Crippen MR) is 170 cm³/mol. The van der Waals surface area contributed by atoms with Crippen LogP contribution in [-0.2, 0) is 21.4 Å². The molecule has 0 saturated carbocycles. The van der Waals surface area contributed by atoms with Crippen molar-refractivity contribution in [2.45, 2.75) is 30.4 Å². The Kier molecular flexibility index (Phi) is 9.13. The van der Waals surface area contributed by atoms with Crippen LogP contribution in [0.5, 0.6) is 5.75 Å². The fraction of sp³-hybridized carbons (Fsp3) is 0.156. The summed E-state index contributed by atoms with van der Waals surface area (Å²) in [5.74, 6) is 1.08. The maximum atomic E-state index is 13.3. The summed E-state index contributed by atoms with van der Waals surface area (Å²) in [7, 11) is -2.35. The third-order valence-electron chi connectivity index (χ3n) is 6.72. The second-order valence-corrected chi connectivity index (χ2v) is 12.5. The molecule has 0 atom stereocenters. The lowest BCUT2D eigenvalue weighted by molar-refractivity contribution is -0.113. The molecule has 0 bridgehead atoms. The van der Waals surface area contributed by atoms with Crippen molar-refractivity contribution in [3.63, 3.8) is 0 Å². The number of hydrogen-bond acceptors (Lipinski definition) is 7. The predicted octanol–water partition coefficient (Wildman–Crippen LogP) is 6.15. The van der Waals surface area contributed by atoms with Crippen LogP contribution in [0.3, 0.4) is 0 Å². The molecule has 0 unspecified atom stereocenters. The Bertz CT molecular complexity index is 1820. The molecule has 0 saturated heterocycles. The number of sulfonamides is 1. The molecule has 0 aliphatic rings. The molecule has 0 aliphatic carbocycles. The van der Waals surface area contributed by atoms with Crippen LogP contribution in [-0.4, -0.2) is 42.0 Å². The number of carbonyl (C=O) groups is 1. The minimum absolute atomic E-state index is 0.0808. The molecule has 0 spiro atoms. The summed E-state index contributed by atoms with van der Waals surface area (Å²) in [6.45, 7) is 4.35. The van der Waals surface area contributed by atoms with Crippen LogP contribution in [0.2, 0.25) is 0 Å². The van der Waals surface area contributed by atoms with Crippen molar-refractivity contribution >= 4 is 39.1 Å². The maximum Gasteiger partial charge on any atom is 0.261 e. The highest BCUT2D eigenvalue weighted by Gasteiger charge is 2.20. The number of benzene rings is 4. The first kappa shape index (κ1) is 29.9. The second-order valence-electron chi connectivity index (χ2n) is 9.84. The normalized spacial score (nSPS) is 11.2. The highest BCUT2D eigenvalue weighted by Crippen LogP contribution is 2.28. The smallest absolute Gasteiger partial charge is 0.261 e. The Labute approximate surface area is 255 Å². The molecule has 11 heteroatoms. The van der Waals surface area contributed by atoms with Gasteiger partial charge in [-0.1, -0.05) is 72.4 Å². The highest BCUT2D eigenvalue weighted by molar-refractivity contribution is 7.99. The van der Waals surface area contributed by atoms with Crippen LogP contribution >= 0.6 is 11.8 Å². The summed E-state index contributed by atoms with van der Waals surface area (Å²) in [5.41, 5.74) is 4.79. The van der Waals surface area contributed by atoms with E-state index >= 15 is 0 Å². The number of methoxy groups -OCH3 is 1. The van der Waals surface area contributed by atoms with Crippen molar-refractivity contribution in [2.75, 3.05) is 22.9 Å². The maximum absolute atomic E-state index is 13.3. The molecular formula is C32H31N5O4S2. The van der Waals surface area contributed by atoms with Gasteiger partial charge < -0.3 is 10.1 Å². The number of nitrogens with one attached hydrogen (secondary N) is 2. The van der Waals surface area contributed by atoms with Gasteiger partial charge in [0.2, 0.25) is 5.91 Å². The molecular weight excluding hydrogens is 583 g/mol. The van der Waals surface area contributed by atoms with E-state index in [1.165, 1.54) is 17.8 Å². The summed E-state index contributed by atoms with van der Waals surface area (Å²) >= 11 is 1.27. The monoisotopic (exact) mass is 613 g/mol. The van der Waals surface area contributed by atoms with Crippen LogP contribution in [0.25, 0.3) is 11.4 Å². The van der Waals surface area contributed by atoms with Gasteiger partial charge in [-0.3, -0.25) is 14.1 Å². The van der Waals surface area contributed by atoms with Gasteiger partial charge in [-0.25, -0.2) is 8.42 Å². The van der Waals surface area contributed by atoms with E-state index in [-0.39, 0.29) is 16.6 Å². The number of aromatic nitrogens is 3. The van der Waals surface area contributed by atoms with E-state index in [1.807, 2.05) is 66.9 Å². The lowest BCUT2D eigenvalue weighted by Gasteiger charge is -2.13. The average molecular weight is 614 g/mol. The minimum atomic E-state index is -3.89. The summed E-state index contributed by atoms with van der Waals surface area (Å²) in [4.78, 5) is 13.0. The van der Waals surface area contributed by atoms with Gasteiger partial charge >= 0.3 is 0 Å².